The zero-order valence-corrected chi connectivity index (χ0v) is 12.2. The summed E-state index contributed by atoms with van der Waals surface area (Å²) in [6.45, 7) is 0. The van der Waals surface area contributed by atoms with Crippen LogP contribution in [0, 0.1) is 5.82 Å². The predicted molar refractivity (Wildman–Crippen MR) is 79.6 cm³/mol. The van der Waals surface area contributed by atoms with Crippen molar-refractivity contribution in [2.24, 2.45) is 0 Å². The van der Waals surface area contributed by atoms with Crippen LogP contribution in [-0.2, 0) is 0 Å². The van der Waals surface area contributed by atoms with Gasteiger partial charge in [-0.2, -0.15) is 0 Å². The Morgan fingerprint density at radius 2 is 1.70 bits per heavy atom. The van der Waals surface area contributed by atoms with Crippen LogP contribution in [0.4, 0.5) is 4.39 Å². The van der Waals surface area contributed by atoms with Crippen molar-refractivity contribution in [3.63, 3.8) is 0 Å². The van der Waals surface area contributed by atoms with Crippen LogP contribution in [0.1, 0.15) is 32.1 Å². The Labute approximate surface area is 134 Å². The molecule has 0 saturated carbocycles. The van der Waals surface area contributed by atoms with Gasteiger partial charge in [0.1, 0.15) is 11.5 Å². The number of hydrogen-bond donors (Lipinski definition) is 0. The SMILES string of the molecule is O=C1c2ccccc2C(=O)c2c1nnn2-c1ccc(Cl)c(F)c1. The summed E-state index contributed by atoms with van der Waals surface area (Å²) in [5.41, 5.74) is 0.822. The molecule has 112 valence electrons. The molecule has 1 heterocycles. The molecule has 7 heteroatoms. The van der Waals surface area contributed by atoms with Crippen molar-refractivity contribution >= 4 is 23.2 Å². The molecule has 0 unspecified atom stereocenters. The maximum Gasteiger partial charge on any atom is 0.216 e. The van der Waals surface area contributed by atoms with Gasteiger partial charge in [0.25, 0.3) is 0 Å². The quantitative estimate of drug-likeness (QED) is 0.539. The van der Waals surface area contributed by atoms with Gasteiger partial charge in [-0.05, 0) is 12.1 Å². The maximum atomic E-state index is 13.7. The van der Waals surface area contributed by atoms with E-state index in [9.17, 15) is 14.0 Å². The molecule has 3 aromatic rings. The molecule has 0 radical (unpaired) electrons. The van der Waals surface area contributed by atoms with E-state index in [2.05, 4.69) is 10.3 Å². The first-order valence-corrected chi connectivity index (χ1v) is 7.05. The predicted octanol–water partition coefficient (Wildman–Crippen LogP) is 2.84. The fourth-order valence-electron chi connectivity index (χ4n) is 2.57. The number of rotatable bonds is 1. The average Bonchev–Trinajstić information content (AvgIpc) is 3.00. The molecule has 4 rings (SSSR count). The number of fused-ring (bicyclic) bond motifs is 2. The number of carbonyl (C=O) groups is 2. The molecular formula is C16H7ClFN3O2. The number of aromatic nitrogens is 3. The summed E-state index contributed by atoms with van der Waals surface area (Å²) < 4.78 is 14.8. The van der Waals surface area contributed by atoms with Crippen molar-refractivity contribution in [3.8, 4) is 5.69 Å². The monoisotopic (exact) mass is 327 g/mol. The van der Waals surface area contributed by atoms with Crippen LogP contribution in [0.5, 0.6) is 0 Å². The third-order valence-corrected chi connectivity index (χ3v) is 3.97. The zero-order valence-electron chi connectivity index (χ0n) is 11.5. The highest BCUT2D eigenvalue weighted by molar-refractivity contribution is 6.30. The van der Waals surface area contributed by atoms with E-state index >= 15 is 0 Å². The van der Waals surface area contributed by atoms with E-state index in [1.54, 1.807) is 24.3 Å². The van der Waals surface area contributed by atoms with Gasteiger partial charge in [0.05, 0.1) is 10.7 Å². The minimum absolute atomic E-state index is 0.0235. The number of benzene rings is 2. The Hall–Kier alpha value is -2.86. The van der Waals surface area contributed by atoms with Gasteiger partial charge in [0.15, 0.2) is 5.69 Å². The standard InChI is InChI=1S/C16H7ClFN3O2/c17-11-6-5-8(7-12(11)18)21-14-13(19-20-21)15(22)9-3-1-2-4-10(9)16(14)23/h1-7H. The van der Waals surface area contributed by atoms with E-state index in [4.69, 9.17) is 11.6 Å². The highest BCUT2D eigenvalue weighted by Crippen LogP contribution is 2.28. The molecule has 2 aromatic carbocycles. The van der Waals surface area contributed by atoms with Crippen molar-refractivity contribution in [2.75, 3.05) is 0 Å². The fourth-order valence-corrected chi connectivity index (χ4v) is 2.69. The van der Waals surface area contributed by atoms with Crippen molar-refractivity contribution in [2.45, 2.75) is 0 Å². The van der Waals surface area contributed by atoms with Crippen molar-refractivity contribution in [1.82, 2.24) is 15.0 Å². The van der Waals surface area contributed by atoms with E-state index in [-0.39, 0.29) is 39.2 Å². The molecule has 23 heavy (non-hydrogen) atoms. The van der Waals surface area contributed by atoms with E-state index < -0.39 is 5.82 Å². The molecule has 0 fully saturated rings. The molecule has 1 aromatic heterocycles. The molecule has 0 N–H and O–H groups in total. The zero-order chi connectivity index (χ0) is 16.1. The minimum atomic E-state index is -0.650. The van der Waals surface area contributed by atoms with Crippen LogP contribution in [0.25, 0.3) is 5.69 Å². The lowest BCUT2D eigenvalue weighted by atomic mass is 9.90. The lowest BCUT2D eigenvalue weighted by Gasteiger charge is -2.14. The summed E-state index contributed by atoms with van der Waals surface area (Å²) in [7, 11) is 0. The molecular weight excluding hydrogens is 321 g/mol. The van der Waals surface area contributed by atoms with Crippen LogP contribution < -0.4 is 0 Å². The highest BCUT2D eigenvalue weighted by Gasteiger charge is 2.35. The van der Waals surface area contributed by atoms with Crippen LogP contribution in [0.2, 0.25) is 5.02 Å². The summed E-state index contributed by atoms with van der Waals surface area (Å²) >= 11 is 5.66. The second-order valence-corrected chi connectivity index (χ2v) is 5.41. The first-order chi connectivity index (χ1) is 11.1. The number of ketones is 2. The smallest absolute Gasteiger partial charge is 0.216 e. The van der Waals surface area contributed by atoms with Gasteiger partial charge in [-0.25, -0.2) is 9.07 Å². The van der Waals surface area contributed by atoms with Gasteiger partial charge >= 0.3 is 0 Å². The number of nitrogens with zero attached hydrogens (tertiary/aromatic N) is 3. The van der Waals surface area contributed by atoms with Crippen molar-refractivity contribution in [1.29, 1.82) is 0 Å². The van der Waals surface area contributed by atoms with E-state index in [0.29, 0.717) is 5.56 Å². The maximum absolute atomic E-state index is 13.7. The van der Waals surface area contributed by atoms with E-state index in [0.717, 1.165) is 10.7 Å². The summed E-state index contributed by atoms with van der Waals surface area (Å²) in [6, 6.07) is 10.5. The molecule has 5 nitrogen and oxygen atoms in total. The Morgan fingerprint density at radius 3 is 2.39 bits per heavy atom. The molecule has 0 aliphatic heterocycles. The van der Waals surface area contributed by atoms with Gasteiger partial charge in [0, 0.05) is 17.2 Å². The Bertz CT molecular complexity index is 997. The van der Waals surface area contributed by atoms with Crippen LogP contribution in [-0.4, -0.2) is 26.6 Å². The normalized spacial score (nSPS) is 13.0. The number of carbonyl (C=O) groups excluding carboxylic acids is 2. The van der Waals surface area contributed by atoms with Crippen molar-refractivity contribution in [3.05, 3.63) is 75.8 Å². The second kappa shape index (κ2) is 4.82. The van der Waals surface area contributed by atoms with Crippen LogP contribution in [0.3, 0.4) is 0 Å². The van der Waals surface area contributed by atoms with E-state index in [1.165, 1.54) is 12.1 Å². The van der Waals surface area contributed by atoms with Crippen LogP contribution >= 0.6 is 11.6 Å². The largest absolute Gasteiger partial charge is 0.287 e. The van der Waals surface area contributed by atoms with Crippen molar-refractivity contribution < 1.29 is 14.0 Å². The summed E-state index contributed by atoms with van der Waals surface area (Å²) in [4.78, 5) is 25.1. The summed E-state index contributed by atoms with van der Waals surface area (Å²) in [5.74, 6) is -1.41. The van der Waals surface area contributed by atoms with Gasteiger partial charge in [0.2, 0.25) is 11.6 Å². The highest BCUT2D eigenvalue weighted by atomic mass is 35.5. The molecule has 0 amide bonds. The Balaban J connectivity index is 1.95. The lowest BCUT2D eigenvalue weighted by molar-refractivity contribution is 0.0972. The molecule has 1 aliphatic carbocycles. The summed E-state index contributed by atoms with van der Waals surface area (Å²) in [6.07, 6.45) is 0. The van der Waals surface area contributed by atoms with Gasteiger partial charge in [-0.3, -0.25) is 9.59 Å². The van der Waals surface area contributed by atoms with Crippen LogP contribution in [0.15, 0.2) is 42.5 Å². The lowest BCUT2D eigenvalue weighted by Crippen LogP contribution is -2.23. The second-order valence-electron chi connectivity index (χ2n) is 5.00. The van der Waals surface area contributed by atoms with Gasteiger partial charge in [-0.1, -0.05) is 41.1 Å². The van der Waals surface area contributed by atoms with E-state index in [1.807, 2.05) is 0 Å². The molecule has 0 spiro atoms. The molecule has 1 aliphatic rings. The van der Waals surface area contributed by atoms with Gasteiger partial charge in [-0.15, -0.1) is 5.10 Å². The number of halogens is 2. The number of hydrogen-bond acceptors (Lipinski definition) is 4. The first-order valence-electron chi connectivity index (χ1n) is 6.67. The third-order valence-electron chi connectivity index (χ3n) is 3.66. The molecule has 0 bridgehead atoms. The topological polar surface area (TPSA) is 64.8 Å². The fraction of sp³-hybridized carbons (Fsp3) is 0. The first kappa shape index (κ1) is 13.8. The Morgan fingerprint density at radius 1 is 1.00 bits per heavy atom. The van der Waals surface area contributed by atoms with Gasteiger partial charge < -0.3 is 0 Å². The average molecular weight is 328 g/mol. The molecule has 0 saturated heterocycles. The summed E-state index contributed by atoms with van der Waals surface area (Å²) in [5, 5.41) is 7.59. The third kappa shape index (κ3) is 1.92. The minimum Gasteiger partial charge on any atom is -0.287 e. The molecule has 0 atom stereocenters. The Kier molecular flexibility index (Phi) is 2.89.